The number of para-hydroxylation sites is 2. The number of hydrogen-bond acceptors (Lipinski definition) is 4. The Balaban J connectivity index is 1.13. The molecular weight excluding hydrogens is 771 g/mol. The van der Waals surface area contributed by atoms with Gasteiger partial charge in [-0.3, -0.25) is 0 Å². The van der Waals surface area contributed by atoms with E-state index in [4.69, 9.17) is 19.4 Å². The van der Waals surface area contributed by atoms with Crippen LogP contribution in [0.15, 0.2) is 217 Å². The molecule has 63 heavy (non-hydrogen) atoms. The number of fused-ring (bicyclic) bond motifs is 10. The van der Waals surface area contributed by atoms with Crippen LogP contribution in [-0.2, 0) is 0 Å². The largest absolute Gasteiger partial charge is 0.456 e. The maximum Gasteiger partial charge on any atom is 0.164 e. The van der Waals surface area contributed by atoms with Crippen LogP contribution in [0.5, 0.6) is 0 Å². The van der Waals surface area contributed by atoms with Gasteiger partial charge in [0.2, 0.25) is 0 Å². The number of hydrogen-bond donors (Lipinski definition) is 0. The highest BCUT2D eigenvalue weighted by molar-refractivity contribution is 6.29. The van der Waals surface area contributed by atoms with Crippen LogP contribution in [0.3, 0.4) is 0 Å². The fraction of sp³-hybridized carbons (Fsp3) is 0. The van der Waals surface area contributed by atoms with Crippen molar-refractivity contribution in [2.24, 2.45) is 0 Å². The molecule has 0 bridgehead atoms. The molecule has 13 rings (SSSR count). The zero-order valence-electron chi connectivity index (χ0n) is 33.9. The van der Waals surface area contributed by atoms with Crippen LogP contribution in [0.1, 0.15) is 0 Å². The normalized spacial score (nSPS) is 11.8. The van der Waals surface area contributed by atoms with Crippen LogP contribution in [0, 0.1) is 0 Å². The van der Waals surface area contributed by atoms with Gasteiger partial charge < -0.3 is 13.6 Å². The van der Waals surface area contributed by atoms with Crippen LogP contribution in [0.2, 0.25) is 0 Å². The fourth-order valence-electron chi connectivity index (χ4n) is 9.56. The molecule has 0 N–H and O–H groups in total. The number of nitrogens with zero attached hydrogens (tertiary/aromatic N) is 5. The molecule has 9 aromatic carbocycles. The minimum absolute atomic E-state index is 0.606. The van der Waals surface area contributed by atoms with Gasteiger partial charge in [0.25, 0.3) is 0 Å². The molecule has 0 atom stereocenters. The lowest BCUT2D eigenvalue weighted by Gasteiger charge is -2.11. The van der Waals surface area contributed by atoms with E-state index in [9.17, 15) is 0 Å². The summed E-state index contributed by atoms with van der Waals surface area (Å²) in [5, 5.41) is 6.70. The molecule has 0 saturated carbocycles. The predicted molar refractivity (Wildman–Crippen MR) is 258 cm³/mol. The van der Waals surface area contributed by atoms with Crippen LogP contribution >= 0.6 is 0 Å². The first-order valence-electron chi connectivity index (χ1n) is 21.2. The molecule has 0 spiro atoms. The molecule has 0 amide bonds. The first-order chi connectivity index (χ1) is 31.2. The second kappa shape index (κ2) is 14.0. The lowest BCUT2D eigenvalue weighted by Crippen LogP contribution is -2.00. The zero-order valence-corrected chi connectivity index (χ0v) is 33.9. The first kappa shape index (κ1) is 35.2. The molecule has 6 nitrogen and oxygen atoms in total. The van der Waals surface area contributed by atoms with E-state index >= 15 is 0 Å². The van der Waals surface area contributed by atoms with E-state index in [1.54, 1.807) is 0 Å². The highest BCUT2D eigenvalue weighted by Crippen LogP contribution is 2.45. The Hall–Kier alpha value is -8.61. The Kier molecular flexibility index (Phi) is 7.80. The number of benzene rings is 9. The van der Waals surface area contributed by atoms with Crippen LogP contribution < -0.4 is 0 Å². The molecule has 4 aromatic heterocycles. The van der Waals surface area contributed by atoms with E-state index in [0.717, 1.165) is 82.8 Å². The van der Waals surface area contributed by atoms with E-state index in [1.165, 1.54) is 21.9 Å². The third kappa shape index (κ3) is 5.55. The Morgan fingerprint density at radius 3 is 1.57 bits per heavy atom. The van der Waals surface area contributed by atoms with Crippen molar-refractivity contribution in [2.75, 3.05) is 0 Å². The Morgan fingerprint density at radius 2 is 0.857 bits per heavy atom. The van der Waals surface area contributed by atoms with Crippen molar-refractivity contribution in [1.29, 1.82) is 0 Å². The third-order valence-corrected chi connectivity index (χ3v) is 12.4. The summed E-state index contributed by atoms with van der Waals surface area (Å²) in [5.41, 5.74) is 13.3. The van der Waals surface area contributed by atoms with E-state index in [1.807, 2.05) is 60.7 Å². The second-order valence-corrected chi connectivity index (χ2v) is 16.0. The maximum atomic E-state index is 6.87. The van der Waals surface area contributed by atoms with Gasteiger partial charge >= 0.3 is 0 Å². The average molecular weight is 806 g/mol. The predicted octanol–water partition coefficient (Wildman–Crippen LogP) is 14.6. The highest BCUT2D eigenvalue weighted by Gasteiger charge is 2.24. The Labute approximate surface area is 361 Å². The number of rotatable bonds is 6. The molecule has 0 radical (unpaired) electrons. The Bertz CT molecular complexity index is 3830. The molecule has 0 aliphatic carbocycles. The van der Waals surface area contributed by atoms with Crippen molar-refractivity contribution >= 4 is 65.6 Å². The third-order valence-electron chi connectivity index (χ3n) is 12.4. The van der Waals surface area contributed by atoms with Gasteiger partial charge in [0, 0.05) is 49.3 Å². The number of furan rings is 1. The van der Waals surface area contributed by atoms with Gasteiger partial charge in [0.05, 0.1) is 33.1 Å². The quantitative estimate of drug-likeness (QED) is 0.168. The average Bonchev–Trinajstić information content (AvgIpc) is 4.02. The molecule has 0 fully saturated rings. The van der Waals surface area contributed by atoms with E-state index in [-0.39, 0.29) is 0 Å². The van der Waals surface area contributed by atoms with Crippen LogP contribution in [0.4, 0.5) is 0 Å². The van der Waals surface area contributed by atoms with Gasteiger partial charge in [0.1, 0.15) is 11.2 Å². The van der Waals surface area contributed by atoms with Crippen LogP contribution in [-0.4, -0.2) is 24.1 Å². The van der Waals surface area contributed by atoms with Crippen molar-refractivity contribution in [2.45, 2.75) is 0 Å². The lowest BCUT2D eigenvalue weighted by molar-refractivity contribution is 0.669. The smallest absolute Gasteiger partial charge is 0.164 e. The topological polar surface area (TPSA) is 61.7 Å². The molecule has 4 heterocycles. The van der Waals surface area contributed by atoms with E-state index in [0.29, 0.717) is 17.5 Å². The SMILES string of the molecule is c1ccc(-c2ccc3c4ccccc4n(-c4cccc5oc6ccc7c(c8cc(-c9nc(-c%10ccccc%10)nc(-c%10ccccc%10)n9)ccc8n7-c7ccccc7)c6c45)c3c2)cc1. The summed E-state index contributed by atoms with van der Waals surface area (Å²) in [5.74, 6) is 1.86. The van der Waals surface area contributed by atoms with Gasteiger partial charge in [-0.2, -0.15) is 0 Å². The van der Waals surface area contributed by atoms with Gasteiger partial charge in [-0.05, 0) is 77.9 Å². The van der Waals surface area contributed by atoms with Crippen molar-refractivity contribution in [3.8, 4) is 56.7 Å². The van der Waals surface area contributed by atoms with Crippen molar-refractivity contribution < 1.29 is 4.42 Å². The van der Waals surface area contributed by atoms with Crippen LogP contribution in [0.25, 0.3) is 122 Å². The van der Waals surface area contributed by atoms with Gasteiger partial charge in [0.15, 0.2) is 17.5 Å². The van der Waals surface area contributed by atoms with E-state index < -0.39 is 0 Å². The summed E-state index contributed by atoms with van der Waals surface area (Å²) in [6.45, 7) is 0. The highest BCUT2D eigenvalue weighted by atomic mass is 16.3. The van der Waals surface area contributed by atoms with Crippen molar-refractivity contribution in [3.05, 3.63) is 212 Å². The summed E-state index contributed by atoms with van der Waals surface area (Å²) in [4.78, 5) is 15.3. The van der Waals surface area contributed by atoms with Crippen molar-refractivity contribution in [1.82, 2.24) is 24.1 Å². The monoisotopic (exact) mass is 805 g/mol. The van der Waals surface area contributed by atoms with Gasteiger partial charge in [-0.1, -0.05) is 146 Å². The standard InChI is InChI=1S/C57H35N5O/c1-5-16-36(17-6-1)39-28-30-43-42-24-13-14-25-45(42)62(49(43)35-39)47-26-15-27-50-53(47)54-51(63-50)33-32-48-52(54)44-34-40(29-31-46(44)61(48)41-22-11-4-12-23-41)57-59-55(37-18-7-2-8-19-37)58-56(60-57)38-20-9-3-10-21-38/h1-35H. The first-order valence-corrected chi connectivity index (χ1v) is 21.2. The maximum absolute atomic E-state index is 6.87. The summed E-state index contributed by atoms with van der Waals surface area (Å²) in [7, 11) is 0. The Morgan fingerprint density at radius 1 is 0.302 bits per heavy atom. The minimum Gasteiger partial charge on any atom is -0.456 e. The lowest BCUT2D eigenvalue weighted by atomic mass is 10.0. The molecule has 13 aromatic rings. The minimum atomic E-state index is 0.606. The molecule has 6 heteroatoms. The summed E-state index contributed by atoms with van der Waals surface area (Å²) in [6, 6.07) is 74.4. The van der Waals surface area contributed by atoms with Gasteiger partial charge in [-0.25, -0.2) is 15.0 Å². The summed E-state index contributed by atoms with van der Waals surface area (Å²) < 4.78 is 11.7. The molecular formula is C57H35N5O. The summed E-state index contributed by atoms with van der Waals surface area (Å²) >= 11 is 0. The molecule has 0 saturated heterocycles. The fourth-order valence-corrected chi connectivity index (χ4v) is 9.56. The number of aromatic nitrogens is 5. The van der Waals surface area contributed by atoms with E-state index in [2.05, 4.69) is 161 Å². The van der Waals surface area contributed by atoms with Crippen molar-refractivity contribution in [3.63, 3.8) is 0 Å². The molecule has 0 unspecified atom stereocenters. The van der Waals surface area contributed by atoms with Gasteiger partial charge in [-0.15, -0.1) is 0 Å². The molecule has 0 aliphatic rings. The second-order valence-electron chi connectivity index (χ2n) is 16.0. The molecule has 294 valence electrons. The zero-order chi connectivity index (χ0) is 41.4. The summed E-state index contributed by atoms with van der Waals surface area (Å²) in [6.07, 6.45) is 0. The molecule has 0 aliphatic heterocycles.